The molecule has 1 atom stereocenters. The van der Waals surface area contributed by atoms with Crippen molar-refractivity contribution in [3.63, 3.8) is 0 Å². The quantitative estimate of drug-likeness (QED) is 0.819. The van der Waals surface area contributed by atoms with E-state index in [1.807, 2.05) is 39.0 Å². The number of aromatic nitrogens is 2. The fourth-order valence-electron chi connectivity index (χ4n) is 2.57. The fourth-order valence-corrected chi connectivity index (χ4v) is 2.57. The molecule has 0 saturated heterocycles. The van der Waals surface area contributed by atoms with Crippen molar-refractivity contribution in [3.05, 3.63) is 50.7 Å². The maximum absolute atomic E-state index is 12.1. The van der Waals surface area contributed by atoms with Crippen molar-refractivity contribution in [2.75, 3.05) is 5.32 Å². The highest BCUT2D eigenvalue weighted by molar-refractivity contribution is 5.39. The molecule has 114 valence electrons. The molecule has 0 aromatic carbocycles. The summed E-state index contributed by atoms with van der Waals surface area (Å²) in [4.78, 5) is 27.0. The molecule has 1 aliphatic carbocycles. The van der Waals surface area contributed by atoms with Crippen molar-refractivity contribution >= 4 is 5.82 Å². The number of anilines is 1. The summed E-state index contributed by atoms with van der Waals surface area (Å²) in [5.41, 5.74) is 0.544. The van der Waals surface area contributed by atoms with E-state index in [9.17, 15) is 9.59 Å². The molecule has 1 aliphatic rings. The maximum Gasteiger partial charge on any atom is 0.330 e. The van der Waals surface area contributed by atoms with Gasteiger partial charge in [0, 0.05) is 18.2 Å². The Morgan fingerprint density at radius 2 is 2.14 bits per heavy atom. The molecule has 2 N–H and O–H groups in total. The maximum atomic E-state index is 12.1. The van der Waals surface area contributed by atoms with Crippen molar-refractivity contribution in [3.8, 4) is 0 Å². The average Bonchev–Trinajstić information content (AvgIpc) is 2.37. The van der Waals surface area contributed by atoms with E-state index < -0.39 is 0 Å². The van der Waals surface area contributed by atoms with Crippen LogP contribution in [0.5, 0.6) is 0 Å². The van der Waals surface area contributed by atoms with Gasteiger partial charge in [0.15, 0.2) is 0 Å². The van der Waals surface area contributed by atoms with Gasteiger partial charge in [-0.2, -0.15) is 0 Å². The van der Waals surface area contributed by atoms with Crippen LogP contribution in [-0.2, 0) is 0 Å². The van der Waals surface area contributed by atoms with Crippen molar-refractivity contribution in [2.45, 2.75) is 52.1 Å². The number of nitrogens with one attached hydrogen (secondary N) is 2. The van der Waals surface area contributed by atoms with Crippen LogP contribution in [0.1, 0.15) is 46.1 Å². The standard InChI is InChI=1S/C16H23N3O2/c1-4-7-12(5-2)11(3)17-14-10-15(20)19(16(21)18-14)13-8-6-9-13/h4-5,7,10-11,13,17H,6,8-9H2,1-3H3,(H,18,21). The van der Waals surface area contributed by atoms with E-state index >= 15 is 0 Å². The Hall–Kier alpha value is -2.04. The second kappa shape index (κ2) is 6.61. The molecule has 0 spiro atoms. The second-order valence-electron chi connectivity index (χ2n) is 5.44. The van der Waals surface area contributed by atoms with Gasteiger partial charge < -0.3 is 5.32 Å². The first-order valence-corrected chi connectivity index (χ1v) is 7.48. The topological polar surface area (TPSA) is 66.9 Å². The lowest BCUT2D eigenvalue weighted by Crippen LogP contribution is -2.40. The highest BCUT2D eigenvalue weighted by Gasteiger charge is 2.22. The van der Waals surface area contributed by atoms with Crippen molar-refractivity contribution in [2.24, 2.45) is 0 Å². The van der Waals surface area contributed by atoms with E-state index in [0.717, 1.165) is 24.8 Å². The zero-order valence-corrected chi connectivity index (χ0v) is 12.8. The summed E-state index contributed by atoms with van der Waals surface area (Å²) in [5.74, 6) is 0.469. The first-order chi connectivity index (χ1) is 10.1. The number of aromatic amines is 1. The molecule has 0 amide bonds. The molecule has 2 rings (SSSR count). The van der Waals surface area contributed by atoms with E-state index in [1.54, 1.807) is 0 Å². The molecule has 21 heavy (non-hydrogen) atoms. The summed E-state index contributed by atoms with van der Waals surface area (Å²) >= 11 is 0. The number of rotatable bonds is 5. The summed E-state index contributed by atoms with van der Waals surface area (Å²) in [6.07, 6.45) is 8.88. The van der Waals surface area contributed by atoms with Gasteiger partial charge in [0.1, 0.15) is 5.82 Å². The van der Waals surface area contributed by atoms with Crippen molar-refractivity contribution in [1.82, 2.24) is 9.55 Å². The van der Waals surface area contributed by atoms with Crippen LogP contribution in [0.25, 0.3) is 0 Å². The molecular weight excluding hydrogens is 266 g/mol. The Morgan fingerprint density at radius 1 is 1.43 bits per heavy atom. The molecule has 0 bridgehead atoms. The minimum absolute atomic E-state index is 0.0146. The minimum atomic E-state index is -0.324. The van der Waals surface area contributed by atoms with Crippen LogP contribution in [0, 0.1) is 0 Å². The zero-order chi connectivity index (χ0) is 15.4. The molecular formula is C16H23N3O2. The van der Waals surface area contributed by atoms with E-state index in [-0.39, 0.29) is 23.3 Å². The number of hydrogen-bond acceptors (Lipinski definition) is 3. The number of H-pyrrole nitrogens is 1. The average molecular weight is 289 g/mol. The van der Waals surface area contributed by atoms with Gasteiger partial charge in [-0.3, -0.25) is 14.3 Å². The van der Waals surface area contributed by atoms with Crippen LogP contribution >= 0.6 is 0 Å². The molecule has 0 aliphatic heterocycles. The summed E-state index contributed by atoms with van der Waals surface area (Å²) < 4.78 is 1.34. The first-order valence-electron chi connectivity index (χ1n) is 7.48. The largest absolute Gasteiger partial charge is 0.365 e. The Balaban J connectivity index is 2.22. The van der Waals surface area contributed by atoms with Crippen molar-refractivity contribution < 1.29 is 0 Å². The Morgan fingerprint density at radius 3 is 2.62 bits per heavy atom. The number of hydrogen-bond donors (Lipinski definition) is 2. The van der Waals surface area contributed by atoms with E-state index in [4.69, 9.17) is 0 Å². The highest BCUT2D eigenvalue weighted by atomic mass is 16.2. The summed E-state index contributed by atoms with van der Waals surface area (Å²) in [6.45, 7) is 5.91. The molecule has 1 aromatic rings. The van der Waals surface area contributed by atoms with Crippen molar-refractivity contribution in [1.29, 1.82) is 0 Å². The third-order valence-corrected chi connectivity index (χ3v) is 3.97. The molecule has 5 nitrogen and oxygen atoms in total. The van der Waals surface area contributed by atoms with Gasteiger partial charge in [-0.15, -0.1) is 0 Å². The Labute approximate surface area is 124 Å². The number of allylic oxidation sites excluding steroid dienone is 2. The van der Waals surface area contributed by atoms with Gasteiger partial charge in [-0.1, -0.05) is 18.2 Å². The third-order valence-electron chi connectivity index (χ3n) is 3.97. The van der Waals surface area contributed by atoms with Crippen LogP contribution in [0.4, 0.5) is 5.82 Å². The molecule has 1 fully saturated rings. The van der Waals surface area contributed by atoms with E-state index in [1.165, 1.54) is 10.6 Å². The summed E-state index contributed by atoms with van der Waals surface area (Å²) in [5, 5.41) is 3.17. The predicted octanol–water partition coefficient (Wildman–Crippen LogP) is 2.58. The molecule has 0 radical (unpaired) electrons. The zero-order valence-electron chi connectivity index (χ0n) is 12.8. The second-order valence-corrected chi connectivity index (χ2v) is 5.44. The van der Waals surface area contributed by atoms with Crippen LogP contribution in [0.15, 0.2) is 39.5 Å². The lowest BCUT2D eigenvalue weighted by atomic mass is 9.93. The molecule has 5 heteroatoms. The highest BCUT2D eigenvalue weighted by Crippen LogP contribution is 2.28. The lowest BCUT2D eigenvalue weighted by Gasteiger charge is -2.26. The molecule has 1 heterocycles. The van der Waals surface area contributed by atoms with E-state index in [0.29, 0.717) is 5.82 Å². The molecule has 1 unspecified atom stereocenters. The Kier molecular flexibility index (Phi) is 4.83. The monoisotopic (exact) mass is 289 g/mol. The predicted molar refractivity (Wildman–Crippen MR) is 85.9 cm³/mol. The first kappa shape index (κ1) is 15.4. The SMILES string of the molecule is CC=CC(=CC)C(C)Nc1cc(=O)n(C2CCC2)c(=O)[nH]1. The Bertz CT molecular complexity index is 632. The normalized spacial score (nSPS) is 17.8. The smallest absolute Gasteiger partial charge is 0.330 e. The van der Waals surface area contributed by atoms with Gasteiger partial charge in [0.25, 0.3) is 5.56 Å². The molecule has 1 saturated carbocycles. The number of nitrogens with zero attached hydrogens (tertiary/aromatic N) is 1. The van der Waals surface area contributed by atoms with Crippen LogP contribution < -0.4 is 16.6 Å². The van der Waals surface area contributed by atoms with E-state index in [2.05, 4.69) is 10.3 Å². The van der Waals surface area contributed by atoms with Gasteiger partial charge >= 0.3 is 5.69 Å². The third kappa shape index (κ3) is 3.35. The summed E-state index contributed by atoms with van der Waals surface area (Å²) in [6, 6.07) is 1.56. The lowest BCUT2D eigenvalue weighted by molar-refractivity contribution is 0.296. The fraction of sp³-hybridized carbons (Fsp3) is 0.500. The van der Waals surface area contributed by atoms with Crippen LogP contribution in [0.3, 0.4) is 0 Å². The summed E-state index contributed by atoms with van der Waals surface area (Å²) in [7, 11) is 0. The van der Waals surface area contributed by atoms with Gasteiger partial charge in [-0.25, -0.2) is 4.79 Å². The molecule has 1 aromatic heterocycles. The minimum Gasteiger partial charge on any atom is -0.365 e. The van der Waals surface area contributed by atoms with Crippen LogP contribution in [-0.4, -0.2) is 15.6 Å². The van der Waals surface area contributed by atoms with Gasteiger partial charge in [0.2, 0.25) is 0 Å². The van der Waals surface area contributed by atoms with Gasteiger partial charge in [0.05, 0.1) is 0 Å². The van der Waals surface area contributed by atoms with Crippen LogP contribution in [0.2, 0.25) is 0 Å². The van der Waals surface area contributed by atoms with Gasteiger partial charge in [-0.05, 0) is 45.6 Å².